The van der Waals surface area contributed by atoms with Crippen LogP contribution in [0.5, 0.6) is 0 Å². The maximum atomic E-state index is 12.1. The van der Waals surface area contributed by atoms with E-state index in [9.17, 15) is 8.42 Å². The summed E-state index contributed by atoms with van der Waals surface area (Å²) < 4.78 is 26.7. The molecule has 0 aliphatic rings. The van der Waals surface area contributed by atoms with Gasteiger partial charge in [-0.3, -0.25) is 5.41 Å². The lowest BCUT2D eigenvalue weighted by Crippen LogP contribution is -2.56. The van der Waals surface area contributed by atoms with Gasteiger partial charge in [0.1, 0.15) is 5.84 Å². The average Bonchev–Trinajstić information content (AvgIpc) is 2.22. The van der Waals surface area contributed by atoms with E-state index >= 15 is 0 Å². The minimum absolute atomic E-state index is 0.0357. The van der Waals surface area contributed by atoms with Gasteiger partial charge in [0.2, 0.25) is 10.0 Å². The number of nitrogens with one attached hydrogen (secondary N) is 2. The van der Waals surface area contributed by atoms with Crippen LogP contribution >= 0.6 is 0 Å². The van der Waals surface area contributed by atoms with Crippen LogP contribution in [0.25, 0.3) is 0 Å². The normalized spacial score (nSPS) is 13.6. The maximum absolute atomic E-state index is 12.1. The van der Waals surface area contributed by atoms with Crippen molar-refractivity contribution in [2.75, 3.05) is 5.75 Å². The highest BCUT2D eigenvalue weighted by atomic mass is 32.2. The molecule has 6 heteroatoms. The van der Waals surface area contributed by atoms with Crippen molar-refractivity contribution in [2.45, 2.75) is 59.4 Å². The Morgan fingerprint density at radius 3 is 1.94 bits per heavy atom. The van der Waals surface area contributed by atoms with Gasteiger partial charge in [-0.05, 0) is 24.7 Å². The van der Waals surface area contributed by atoms with E-state index in [1.165, 1.54) is 0 Å². The number of hydrogen-bond acceptors (Lipinski definition) is 3. The van der Waals surface area contributed by atoms with Gasteiger partial charge in [0.05, 0.1) is 11.3 Å². The number of sulfonamides is 1. The Morgan fingerprint density at radius 2 is 1.67 bits per heavy atom. The molecule has 0 unspecified atom stereocenters. The molecule has 0 saturated heterocycles. The molecule has 4 N–H and O–H groups in total. The van der Waals surface area contributed by atoms with Crippen LogP contribution < -0.4 is 10.5 Å². The first-order valence-corrected chi connectivity index (χ1v) is 7.99. The zero-order valence-electron chi connectivity index (χ0n) is 12.1. The average molecular weight is 277 g/mol. The first kappa shape index (κ1) is 17.4. The second kappa shape index (κ2) is 6.02. The fourth-order valence-electron chi connectivity index (χ4n) is 1.62. The third-order valence-electron chi connectivity index (χ3n) is 3.19. The second-order valence-corrected chi connectivity index (χ2v) is 7.78. The van der Waals surface area contributed by atoms with E-state index in [0.29, 0.717) is 19.3 Å². The summed E-state index contributed by atoms with van der Waals surface area (Å²) in [6.07, 6.45) is 1.53. The molecule has 0 spiro atoms. The molecular formula is C12H27N3O2S. The first-order chi connectivity index (χ1) is 7.98. The molecule has 0 amide bonds. The Bertz CT molecular complexity index is 379. The van der Waals surface area contributed by atoms with Gasteiger partial charge in [0.15, 0.2) is 0 Å². The van der Waals surface area contributed by atoms with Crippen LogP contribution in [0.2, 0.25) is 0 Å². The fraction of sp³-hybridized carbons (Fsp3) is 0.917. The van der Waals surface area contributed by atoms with Crippen molar-refractivity contribution >= 4 is 15.9 Å². The molecule has 18 heavy (non-hydrogen) atoms. The SMILES string of the molecule is CCC(CC)(NS(=O)(=O)CCC(C)(C)C)C(=N)N. The van der Waals surface area contributed by atoms with Crippen molar-refractivity contribution in [3.63, 3.8) is 0 Å². The summed E-state index contributed by atoms with van der Waals surface area (Å²) in [6, 6.07) is 0. The Morgan fingerprint density at radius 1 is 1.22 bits per heavy atom. The van der Waals surface area contributed by atoms with Crippen LogP contribution in [0.15, 0.2) is 0 Å². The first-order valence-electron chi connectivity index (χ1n) is 6.34. The van der Waals surface area contributed by atoms with Gasteiger partial charge < -0.3 is 5.73 Å². The van der Waals surface area contributed by atoms with Crippen LogP contribution in [0, 0.1) is 10.8 Å². The Balaban J connectivity index is 4.89. The van der Waals surface area contributed by atoms with E-state index in [0.717, 1.165) is 0 Å². The Labute approximate surface area is 111 Å². The monoisotopic (exact) mass is 277 g/mol. The predicted molar refractivity (Wildman–Crippen MR) is 76.2 cm³/mol. The maximum Gasteiger partial charge on any atom is 0.212 e. The van der Waals surface area contributed by atoms with Gasteiger partial charge >= 0.3 is 0 Å². The number of amidine groups is 1. The fourth-order valence-corrected chi connectivity index (χ4v) is 3.60. The van der Waals surface area contributed by atoms with Crippen LogP contribution in [0.4, 0.5) is 0 Å². The second-order valence-electron chi connectivity index (χ2n) is 5.93. The van der Waals surface area contributed by atoms with Gasteiger partial charge in [0, 0.05) is 0 Å². The molecule has 0 saturated carbocycles. The molecule has 108 valence electrons. The minimum Gasteiger partial charge on any atom is -0.386 e. The summed E-state index contributed by atoms with van der Waals surface area (Å²) >= 11 is 0. The summed E-state index contributed by atoms with van der Waals surface area (Å²) in [5.41, 5.74) is 4.57. The van der Waals surface area contributed by atoms with Crippen LogP contribution in [0.1, 0.15) is 53.9 Å². The zero-order valence-corrected chi connectivity index (χ0v) is 12.9. The Hall–Kier alpha value is -0.620. The highest BCUT2D eigenvalue weighted by molar-refractivity contribution is 7.89. The van der Waals surface area contributed by atoms with E-state index in [-0.39, 0.29) is 17.0 Å². The lowest BCUT2D eigenvalue weighted by molar-refractivity contribution is 0.392. The molecule has 0 aromatic rings. The summed E-state index contributed by atoms with van der Waals surface area (Å²) in [5.74, 6) is -0.0576. The quantitative estimate of drug-likeness (QED) is 0.489. The predicted octanol–water partition coefficient (Wildman–Crippen LogP) is 1.84. The van der Waals surface area contributed by atoms with Crippen molar-refractivity contribution in [3.8, 4) is 0 Å². The summed E-state index contributed by atoms with van der Waals surface area (Å²) in [5, 5.41) is 7.59. The molecule has 0 aromatic heterocycles. The van der Waals surface area contributed by atoms with Crippen LogP contribution in [0.3, 0.4) is 0 Å². The summed E-state index contributed by atoms with van der Waals surface area (Å²) in [6.45, 7) is 9.66. The molecule has 0 bridgehead atoms. The number of rotatable bonds is 7. The van der Waals surface area contributed by atoms with Crippen LogP contribution in [-0.2, 0) is 10.0 Å². The largest absolute Gasteiger partial charge is 0.386 e. The van der Waals surface area contributed by atoms with E-state index in [4.69, 9.17) is 11.1 Å². The van der Waals surface area contributed by atoms with Gasteiger partial charge in [-0.25, -0.2) is 13.1 Å². The molecule has 0 aliphatic heterocycles. The van der Waals surface area contributed by atoms with Gasteiger partial charge in [-0.15, -0.1) is 0 Å². The third-order valence-corrected chi connectivity index (χ3v) is 4.64. The summed E-state index contributed by atoms with van der Waals surface area (Å²) in [4.78, 5) is 0. The number of nitrogens with two attached hydrogens (primary N) is 1. The van der Waals surface area contributed by atoms with E-state index < -0.39 is 15.6 Å². The van der Waals surface area contributed by atoms with Crippen molar-refractivity contribution in [2.24, 2.45) is 11.1 Å². The lowest BCUT2D eigenvalue weighted by atomic mass is 9.93. The minimum atomic E-state index is -3.41. The molecule has 0 rings (SSSR count). The van der Waals surface area contributed by atoms with Crippen molar-refractivity contribution < 1.29 is 8.42 Å². The molecular weight excluding hydrogens is 250 g/mol. The molecule has 0 heterocycles. The van der Waals surface area contributed by atoms with Crippen molar-refractivity contribution in [1.29, 1.82) is 5.41 Å². The topological polar surface area (TPSA) is 96.0 Å². The lowest BCUT2D eigenvalue weighted by Gasteiger charge is -2.31. The molecule has 0 atom stereocenters. The Kier molecular flexibility index (Phi) is 5.81. The molecule has 0 aromatic carbocycles. The molecule has 0 fully saturated rings. The molecule has 0 aliphatic carbocycles. The summed E-state index contributed by atoms with van der Waals surface area (Å²) in [7, 11) is -3.41. The molecule has 5 nitrogen and oxygen atoms in total. The van der Waals surface area contributed by atoms with E-state index in [1.807, 2.05) is 34.6 Å². The van der Waals surface area contributed by atoms with Crippen molar-refractivity contribution in [3.05, 3.63) is 0 Å². The standard InChI is InChI=1S/C12H27N3O2S/c1-6-12(7-2,10(13)14)15-18(16,17)9-8-11(3,4)5/h15H,6-9H2,1-5H3,(H3,13,14). The highest BCUT2D eigenvalue weighted by Gasteiger charge is 2.34. The van der Waals surface area contributed by atoms with Crippen LogP contribution in [-0.4, -0.2) is 25.5 Å². The smallest absolute Gasteiger partial charge is 0.212 e. The third kappa shape index (κ3) is 5.35. The van der Waals surface area contributed by atoms with Gasteiger partial charge in [-0.1, -0.05) is 34.6 Å². The zero-order chi connectivity index (χ0) is 14.6. The van der Waals surface area contributed by atoms with Crippen molar-refractivity contribution in [1.82, 2.24) is 4.72 Å². The van der Waals surface area contributed by atoms with Gasteiger partial charge in [0.25, 0.3) is 0 Å². The van der Waals surface area contributed by atoms with Gasteiger partial charge in [-0.2, -0.15) is 0 Å². The van der Waals surface area contributed by atoms with E-state index in [2.05, 4.69) is 4.72 Å². The highest BCUT2D eigenvalue weighted by Crippen LogP contribution is 2.21. The molecule has 0 radical (unpaired) electrons. The van der Waals surface area contributed by atoms with E-state index in [1.54, 1.807) is 0 Å². The number of hydrogen-bond donors (Lipinski definition) is 3.